The van der Waals surface area contributed by atoms with Crippen molar-refractivity contribution >= 4 is 53.6 Å². The monoisotopic (exact) mass is 583 g/mol. The van der Waals surface area contributed by atoms with Gasteiger partial charge in [-0.25, -0.2) is 24.9 Å². The van der Waals surface area contributed by atoms with E-state index in [-0.39, 0.29) is 0 Å². The first-order valence-corrected chi connectivity index (χ1v) is 15.1. The third kappa shape index (κ3) is 3.91. The number of hydrogen-bond donors (Lipinski definition) is 0. The van der Waals surface area contributed by atoms with Crippen LogP contribution in [-0.4, -0.2) is 24.9 Å². The van der Waals surface area contributed by atoms with Crippen molar-refractivity contribution in [1.29, 1.82) is 0 Å². The summed E-state index contributed by atoms with van der Waals surface area (Å²) in [6.45, 7) is 0. The molecule has 0 spiro atoms. The number of thiophene rings is 1. The van der Waals surface area contributed by atoms with Gasteiger partial charge in [-0.15, -0.1) is 11.3 Å². The van der Waals surface area contributed by atoms with Gasteiger partial charge in [0.1, 0.15) is 17.4 Å². The molecule has 0 amide bonds. The van der Waals surface area contributed by atoms with Crippen molar-refractivity contribution in [3.05, 3.63) is 128 Å². The lowest BCUT2D eigenvalue weighted by Gasteiger charge is -2.09. The van der Waals surface area contributed by atoms with Gasteiger partial charge in [0.05, 0.1) is 6.20 Å². The molecule has 0 saturated heterocycles. The normalized spacial score (nSPS) is 11.6. The molecule has 0 saturated carbocycles. The number of aromatic nitrogens is 5. The highest BCUT2D eigenvalue weighted by Crippen LogP contribution is 2.45. The highest BCUT2D eigenvalue weighted by Gasteiger charge is 2.20. The summed E-state index contributed by atoms with van der Waals surface area (Å²) in [6, 6.07) is 39.2. The fraction of sp³-hybridized carbons (Fsp3) is 0. The molecule has 9 rings (SSSR count). The summed E-state index contributed by atoms with van der Waals surface area (Å²) in [5.41, 5.74) is 7.31. The number of furan rings is 1. The summed E-state index contributed by atoms with van der Waals surface area (Å²) >= 11 is 1.75. The minimum Gasteiger partial charge on any atom is -0.452 e. The predicted octanol–water partition coefficient (Wildman–Crippen LogP) is 9.60. The van der Waals surface area contributed by atoms with Gasteiger partial charge in [0.2, 0.25) is 0 Å². The Morgan fingerprint density at radius 3 is 1.75 bits per heavy atom. The molecule has 0 radical (unpaired) electrons. The molecule has 0 atom stereocenters. The summed E-state index contributed by atoms with van der Waals surface area (Å²) in [4.78, 5) is 23.6. The van der Waals surface area contributed by atoms with E-state index < -0.39 is 0 Å². The Balaban J connectivity index is 1.29. The van der Waals surface area contributed by atoms with E-state index in [4.69, 9.17) is 19.4 Å². The first-order chi connectivity index (χ1) is 21.8. The smallest absolute Gasteiger partial charge is 0.172 e. The first kappa shape index (κ1) is 24.8. The molecule has 7 heteroatoms. The molecule has 0 unspecified atom stereocenters. The Morgan fingerprint density at radius 2 is 1.07 bits per heavy atom. The lowest BCUT2D eigenvalue weighted by Crippen LogP contribution is -2.00. The Morgan fingerprint density at radius 1 is 0.500 bits per heavy atom. The van der Waals surface area contributed by atoms with Crippen molar-refractivity contribution < 1.29 is 4.42 Å². The van der Waals surface area contributed by atoms with Gasteiger partial charge in [0, 0.05) is 53.4 Å². The number of fused-ring (bicyclic) bond motifs is 6. The number of para-hydroxylation sites is 1. The van der Waals surface area contributed by atoms with E-state index in [2.05, 4.69) is 64.6 Å². The SMILES string of the molecule is c1ccc(-c2nc(-c3ccccc3)nc(-c3cccc4c3sc3c(-c5cccc6c5oc5cncnc56)cccc34)n2)cc1. The molecule has 0 aliphatic carbocycles. The number of nitrogens with zero attached hydrogens (tertiary/aromatic N) is 5. The molecule has 4 heterocycles. The first-order valence-electron chi connectivity index (χ1n) is 14.2. The second-order valence-corrected chi connectivity index (χ2v) is 11.5. The second-order valence-electron chi connectivity index (χ2n) is 10.5. The quantitative estimate of drug-likeness (QED) is 0.205. The van der Waals surface area contributed by atoms with Crippen molar-refractivity contribution in [3.63, 3.8) is 0 Å². The molecule has 206 valence electrons. The molecule has 4 aromatic heterocycles. The van der Waals surface area contributed by atoms with E-state index in [0.29, 0.717) is 23.1 Å². The van der Waals surface area contributed by atoms with Crippen LogP contribution < -0.4 is 0 Å². The maximum Gasteiger partial charge on any atom is 0.172 e. The minimum atomic E-state index is 0.646. The molecule has 0 fully saturated rings. The van der Waals surface area contributed by atoms with Crippen molar-refractivity contribution in [2.75, 3.05) is 0 Å². The molecule has 0 bridgehead atoms. The van der Waals surface area contributed by atoms with Gasteiger partial charge in [0.15, 0.2) is 23.1 Å². The fourth-order valence-corrected chi connectivity index (χ4v) is 7.22. The average Bonchev–Trinajstić information content (AvgIpc) is 3.68. The number of rotatable bonds is 4. The Labute approximate surface area is 255 Å². The van der Waals surface area contributed by atoms with Crippen LogP contribution in [0.15, 0.2) is 132 Å². The topological polar surface area (TPSA) is 77.6 Å². The summed E-state index contributed by atoms with van der Waals surface area (Å²) in [5.74, 6) is 1.94. The molecule has 6 nitrogen and oxygen atoms in total. The van der Waals surface area contributed by atoms with Gasteiger partial charge >= 0.3 is 0 Å². The fourth-order valence-electron chi connectivity index (χ4n) is 5.89. The highest BCUT2D eigenvalue weighted by molar-refractivity contribution is 7.26. The second kappa shape index (κ2) is 9.90. The van der Waals surface area contributed by atoms with Crippen LogP contribution in [-0.2, 0) is 0 Å². The van der Waals surface area contributed by atoms with Gasteiger partial charge in [-0.05, 0) is 12.1 Å². The largest absolute Gasteiger partial charge is 0.452 e. The maximum atomic E-state index is 6.32. The number of hydrogen-bond acceptors (Lipinski definition) is 7. The predicted molar refractivity (Wildman–Crippen MR) is 177 cm³/mol. The van der Waals surface area contributed by atoms with E-state index in [0.717, 1.165) is 54.4 Å². The standard InChI is InChI=1S/C37H21N5OS/c1-3-10-22(11-4-1)35-40-36(23-12-5-2-6-13-23)42-37(41-35)29-19-9-17-27-26-16-8-15-25(33(26)44-34(27)29)24-14-7-18-28-31-30(43-32(24)28)20-38-21-39-31/h1-21H. The van der Waals surface area contributed by atoms with Crippen molar-refractivity contribution in [2.45, 2.75) is 0 Å². The van der Waals surface area contributed by atoms with Crippen LogP contribution in [0.5, 0.6) is 0 Å². The number of benzene rings is 5. The molecule has 0 aliphatic rings. The summed E-state index contributed by atoms with van der Waals surface area (Å²) in [6.07, 6.45) is 3.28. The molecular formula is C37H21N5OS. The van der Waals surface area contributed by atoms with Crippen LogP contribution in [0.4, 0.5) is 0 Å². The van der Waals surface area contributed by atoms with Crippen molar-refractivity contribution in [2.24, 2.45) is 0 Å². The van der Waals surface area contributed by atoms with Crippen LogP contribution in [0.25, 0.3) is 87.5 Å². The van der Waals surface area contributed by atoms with Crippen LogP contribution in [0.3, 0.4) is 0 Å². The van der Waals surface area contributed by atoms with E-state index >= 15 is 0 Å². The van der Waals surface area contributed by atoms with Gasteiger partial charge in [-0.3, -0.25) is 0 Å². The molecule has 0 N–H and O–H groups in total. The molecule has 9 aromatic rings. The van der Waals surface area contributed by atoms with E-state index in [1.807, 2.05) is 60.7 Å². The average molecular weight is 584 g/mol. The van der Waals surface area contributed by atoms with Gasteiger partial charge in [-0.2, -0.15) is 0 Å². The third-order valence-corrected chi connectivity index (χ3v) is 9.20. The lowest BCUT2D eigenvalue weighted by molar-refractivity contribution is 0.667. The van der Waals surface area contributed by atoms with Crippen LogP contribution in [0.1, 0.15) is 0 Å². The molecule has 0 aliphatic heterocycles. The van der Waals surface area contributed by atoms with Crippen LogP contribution in [0, 0.1) is 0 Å². The van der Waals surface area contributed by atoms with Gasteiger partial charge in [-0.1, -0.05) is 103 Å². The van der Waals surface area contributed by atoms with Crippen molar-refractivity contribution in [3.8, 4) is 45.3 Å². The molecule has 44 heavy (non-hydrogen) atoms. The van der Waals surface area contributed by atoms with E-state index in [1.54, 1.807) is 23.9 Å². The summed E-state index contributed by atoms with van der Waals surface area (Å²) in [5, 5.41) is 3.32. The third-order valence-electron chi connectivity index (χ3n) is 7.92. The highest BCUT2D eigenvalue weighted by atomic mass is 32.1. The van der Waals surface area contributed by atoms with Crippen molar-refractivity contribution in [1.82, 2.24) is 24.9 Å². The van der Waals surface area contributed by atoms with Crippen LogP contribution in [0.2, 0.25) is 0 Å². The minimum absolute atomic E-state index is 0.646. The van der Waals surface area contributed by atoms with E-state index in [1.165, 1.54) is 10.1 Å². The maximum absolute atomic E-state index is 6.32. The summed E-state index contributed by atoms with van der Waals surface area (Å²) in [7, 11) is 0. The van der Waals surface area contributed by atoms with Gasteiger partial charge < -0.3 is 4.42 Å². The lowest BCUT2D eigenvalue weighted by atomic mass is 10.0. The molecular weight excluding hydrogens is 563 g/mol. The van der Waals surface area contributed by atoms with Crippen LogP contribution >= 0.6 is 11.3 Å². The van der Waals surface area contributed by atoms with Gasteiger partial charge in [0.25, 0.3) is 0 Å². The molecule has 5 aromatic carbocycles. The Bertz CT molecular complexity index is 2450. The zero-order chi connectivity index (χ0) is 29.0. The van der Waals surface area contributed by atoms with E-state index in [9.17, 15) is 0 Å². The zero-order valence-corrected chi connectivity index (χ0v) is 24.0. The Kier molecular flexibility index (Phi) is 5.57. The zero-order valence-electron chi connectivity index (χ0n) is 23.2. The summed E-state index contributed by atoms with van der Waals surface area (Å²) < 4.78 is 8.62. The Hall–Kier alpha value is -5.79.